The Kier molecular flexibility index (Phi) is 9.50. The van der Waals surface area contributed by atoms with Gasteiger partial charge in [-0.05, 0) is 10.8 Å². The SMILES string of the molecule is [H+].[S-2].[S-2].c1ccsc1. The Morgan fingerprint density at radius 1 is 1.00 bits per heavy atom. The first kappa shape index (κ1) is 10.4. The van der Waals surface area contributed by atoms with Gasteiger partial charge in [-0.3, -0.25) is 0 Å². The Balaban J connectivity index is -0.0000000833. The second kappa shape index (κ2) is 6.40. The highest BCUT2D eigenvalue weighted by Gasteiger charge is 1.58. The van der Waals surface area contributed by atoms with Crippen LogP contribution in [-0.2, 0) is 27.0 Å². The third-order valence-corrected chi connectivity index (χ3v) is 1.05. The predicted octanol–water partition coefficient (Wildman–Crippen LogP) is 1.86. The Morgan fingerprint density at radius 2 is 1.43 bits per heavy atom. The summed E-state index contributed by atoms with van der Waals surface area (Å²) < 4.78 is 0. The van der Waals surface area contributed by atoms with Crippen molar-refractivity contribution in [1.29, 1.82) is 0 Å². The van der Waals surface area contributed by atoms with E-state index in [4.69, 9.17) is 0 Å². The van der Waals surface area contributed by atoms with Crippen LogP contribution in [0.1, 0.15) is 1.43 Å². The lowest BCUT2D eigenvalue weighted by atomic mass is 10.7. The minimum absolute atomic E-state index is 0. The zero-order valence-electron chi connectivity index (χ0n) is 4.53. The van der Waals surface area contributed by atoms with Gasteiger partial charge in [0.2, 0.25) is 0 Å². The molecule has 0 radical (unpaired) electrons. The van der Waals surface area contributed by atoms with E-state index < -0.39 is 0 Å². The molecule has 0 N–H and O–H groups in total. The van der Waals surface area contributed by atoms with Gasteiger partial charge >= 0.3 is 1.43 Å². The standard InChI is InChI=1S/C4H4S.2S/c1-2-4-5-3-1;;/h1-4H;;/q;2*-2/p+1. The average molecular weight is 149 g/mol. The number of thiophene rings is 1. The summed E-state index contributed by atoms with van der Waals surface area (Å²) in [6.07, 6.45) is 0. The fraction of sp³-hybridized carbons (Fsp3) is 0. The maximum atomic E-state index is 2.04. The zero-order chi connectivity index (χ0) is 3.54. The molecule has 0 amide bonds. The van der Waals surface area contributed by atoms with E-state index in [-0.39, 0.29) is 28.4 Å². The lowest BCUT2D eigenvalue weighted by Gasteiger charge is -2.00. The van der Waals surface area contributed by atoms with Gasteiger partial charge in [0, 0.05) is 0 Å². The second-order valence-corrected chi connectivity index (χ2v) is 1.61. The van der Waals surface area contributed by atoms with Crippen molar-refractivity contribution in [2.24, 2.45) is 0 Å². The minimum Gasteiger partial charge on any atom is -2.00 e. The second-order valence-electron chi connectivity index (χ2n) is 0.793. The molecule has 1 aromatic heterocycles. The topological polar surface area (TPSA) is 0 Å². The summed E-state index contributed by atoms with van der Waals surface area (Å²) in [6.45, 7) is 0. The van der Waals surface area contributed by atoms with Crippen LogP contribution in [0.2, 0.25) is 0 Å². The van der Waals surface area contributed by atoms with E-state index in [1.807, 2.05) is 22.9 Å². The molecule has 1 heterocycles. The largest absolute Gasteiger partial charge is 2.00 e. The molecule has 0 aromatic carbocycles. The fourth-order valence-electron chi connectivity index (χ4n) is 0.227. The van der Waals surface area contributed by atoms with Gasteiger partial charge in [0.05, 0.1) is 0 Å². The van der Waals surface area contributed by atoms with Crippen LogP contribution >= 0.6 is 11.3 Å². The summed E-state index contributed by atoms with van der Waals surface area (Å²) in [5.41, 5.74) is 0. The van der Waals surface area contributed by atoms with E-state index in [1.54, 1.807) is 11.3 Å². The van der Waals surface area contributed by atoms with Crippen molar-refractivity contribution < 1.29 is 1.43 Å². The van der Waals surface area contributed by atoms with Crippen molar-refractivity contribution in [2.75, 3.05) is 0 Å². The predicted molar refractivity (Wildman–Crippen MR) is 40.2 cm³/mol. The van der Waals surface area contributed by atoms with E-state index >= 15 is 0 Å². The molecule has 0 saturated heterocycles. The van der Waals surface area contributed by atoms with Crippen LogP contribution < -0.4 is 0 Å². The van der Waals surface area contributed by atoms with Crippen LogP contribution in [0.15, 0.2) is 22.9 Å². The molecule has 0 nitrogen and oxygen atoms in total. The van der Waals surface area contributed by atoms with Gasteiger partial charge in [-0.1, -0.05) is 12.1 Å². The molecule has 3 heteroatoms. The summed E-state index contributed by atoms with van der Waals surface area (Å²) in [5, 5.41) is 4.08. The van der Waals surface area contributed by atoms with Crippen LogP contribution in [0.3, 0.4) is 0 Å². The van der Waals surface area contributed by atoms with Crippen LogP contribution in [0.5, 0.6) is 0 Å². The van der Waals surface area contributed by atoms with Crippen LogP contribution in [-0.4, -0.2) is 0 Å². The highest BCUT2D eigenvalue weighted by Crippen LogP contribution is 1.91. The van der Waals surface area contributed by atoms with Crippen LogP contribution in [0.25, 0.3) is 0 Å². The molecule has 0 atom stereocenters. The average Bonchev–Trinajstić information content (AvgIpc) is 1.76. The van der Waals surface area contributed by atoms with Crippen molar-refractivity contribution in [2.45, 2.75) is 0 Å². The zero-order valence-corrected chi connectivity index (χ0v) is 5.98. The highest BCUT2D eigenvalue weighted by molar-refractivity contribution is 7.37. The highest BCUT2D eigenvalue weighted by atomic mass is 32.1. The number of hydrogen-bond donors (Lipinski definition) is 0. The lowest BCUT2D eigenvalue weighted by Crippen LogP contribution is -1.16. The van der Waals surface area contributed by atoms with E-state index in [0.717, 1.165) is 0 Å². The molecule has 0 saturated carbocycles. The molecular weight excluding hydrogens is 144 g/mol. The first-order valence-electron chi connectivity index (χ1n) is 1.47. The molecule has 42 valence electrons. The normalized spacial score (nSPS) is 5.71. The third-order valence-electron chi connectivity index (χ3n) is 0.425. The van der Waals surface area contributed by atoms with E-state index in [9.17, 15) is 0 Å². The first-order chi connectivity index (χ1) is 2.50. The van der Waals surface area contributed by atoms with Gasteiger partial charge in [0.1, 0.15) is 0 Å². The maximum absolute atomic E-state index is 2.04. The Hall–Kier alpha value is 0.400. The maximum Gasteiger partial charge on any atom is 1.00 e. The van der Waals surface area contributed by atoms with E-state index in [1.165, 1.54) is 0 Å². The summed E-state index contributed by atoms with van der Waals surface area (Å²) in [5.74, 6) is 0. The molecule has 0 fully saturated rings. The number of hydrogen-bond acceptors (Lipinski definition) is 1. The van der Waals surface area contributed by atoms with Crippen molar-refractivity contribution in [3.05, 3.63) is 22.9 Å². The smallest absolute Gasteiger partial charge is 1.00 e. The molecule has 0 aliphatic carbocycles. The summed E-state index contributed by atoms with van der Waals surface area (Å²) in [6, 6.07) is 4.04. The van der Waals surface area contributed by atoms with Crippen molar-refractivity contribution in [1.82, 2.24) is 0 Å². The first-order valence-corrected chi connectivity index (χ1v) is 2.41. The molecule has 0 aliphatic heterocycles. The van der Waals surface area contributed by atoms with Gasteiger partial charge in [0.25, 0.3) is 0 Å². The van der Waals surface area contributed by atoms with Gasteiger partial charge < -0.3 is 27.0 Å². The summed E-state index contributed by atoms with van der Waals surface area (Å²) in [4.78, 5) is 0. The molecule has 0 aliphatic rings. The summed E-state index contributed by atoms with van der Waals surface area (Å²) >= 11 is 1.71. The van der Waals surface area contributed by atoms with Crippen LogP contribution in [0, 0.1) is 0 Å². The molecule has 1 rings (SSSR count). The molecule has 0 bridgehead atoms. The van der Waals surface area contributed by atoms with Crippen molar-refractivity contribution in [3.8, 4) is 0 Å². The summed E-state index contributed by atoms with van der Waals surface area (Å²) in [7, 11) is 0. The van der Waals surface area contributed by atoms with E-state index in [2.05, 4.69) is 0 Å². The molecule has 1 aromatic rings. The minimum atomic E-state index is 0. The van der Waals surface area contributed by atoms with Crippen molar-refractivity contribution in [3.63, 3.8) is 0 Å². The Morgan fingerprint density at radius 3 is 1.57 bits per heavy atom. The van der Waals surface area contributed by atoms with Gasteiger partial charge in [0.15, 0.2) is 0 Å². The van der Waals surface area contributed by atoms with Gasteiger partial charge in [-0.2, -0.15) is 11.3 Å². The number of rotatable bonds is 0. The van der Waals surface area contributed by atoms with Crippen LogP contribution in [0.4, 0.5) is 0 Å². The lowest BCUT2D eigenvalue weighted by molar-refractivity contribution is 2.03. The molecule has 0 unspecified atom stereocenters. The van der Waals surface area contributed by atoms with Gasteiger partial charge in [-0.25, -0.2) is 0 Å². The Bertz CT molecular complexity index is 67.8. The quantitative estimate of drug-likeness (QED) is 0.528. The van der Waals surface area contributed by atoms with Crippen molar-refractivity contribution >= 4 is 38.3 Å². The van der Waals surface area contributed by atoms with Gasteiger partial charge in [-0.15, -0.1) is 0 Å². The van der Waals surface area contributed by atoms with E-state index in [0.29, 0.717) is 0 Å². The molecule has 7 heavy (non-hydrogen) atoms. The molecular formula is C4H5S3-3. The fourth-order valence-corrected chi connectivity index (χ4v) is 0.680. The Labute approximate surface area is 62.9 Å². The third kappa shape index (κ3) is 4.25. The monoisotopic (exact) mass is 149 g/mol. The molecule has 0 spiro atoms.